The minimum atomic E-state index is -0.613. The number of hydrogen-bond donors (Lipinski definition) is 0. The Balaban J connectivity index is 1.43. The van der Waals surface area contributed by atoms with Crippen molar-refractivity contribution in [3.63, 3.8) is 0 Å². The summed E-state index contributed by atoms with van der Waals surface area (Å²) in [5.74, 6) is 1.03. The molecule has 0 unspecified atom stereocenters. The minimum absolute atomic E-state index is 0.296. The Labute approximate surface area is 182 Å². The summed E-state index contributed by atoms with van der Waals surface area (Å²) >= 11 is 0. The number of carbonyl (C=O) groups excluding carboxylic acids is 2. The second-order valence-electron chi connectivity index (χ2n) is 8.06. The van der Waals surface area contributed by atoms with E-state index in [4.69, 9.17) is 18.9 Å². The summed E-state index contributed by atoms with van der Waals surface area (Å²) in [5, 5.41) is 0. The van der Waals surface area contributed by atoms with Gasteiger partial charge in [-0.05, 0) is 44.5 Å². The summed E-state index contributed by atoms with van der Waals surface area (Å²) in [7, 11) is 1.66. The maximum atomic E-state index is 12.3. The molecule has 0 saturated heterocycles. The largest absolute Gasteiger partial charge is 0.494 e. The van der Waals surface area contributed by atoms with Crippen molar-refractivity contribution in [3.05, 3.63) is 53.6 Å². The first-order valence-corrected chi connectivity index (χ1v) is 10.3. The first kappa shape index (κ1) is 22.5. The van der Waals surface area contributed by atoms with Crippen molar-refractivity contribution in [1.29, 1.82) is 0 Å². The highest BCUT2D eigenvalue weighted by Crippen LogP contribution is 2.41. The van der Waals surface area contributed by atoms with E-state index in [9.17, 15) is 9.59 Å². The molecular formula is C24H29NO6. The Hall–Kier alpha value is -3.22. The lowest BCUT2D eigenvalue weighted by Crippen LogP contribution is -2.31. The zero-order valence-electron chi connectivity index (χ0n) is 18.5. The number of likely N-dealkylation sites (N-methyl/N-ethyl adjacent to an activating group) is 1. The minimum Gasteiger partial charge on any atom is -0.494 e. The monoisotopic (exact) mass is 427 g/mol. The highest BCUT2D eigenvalue weighted by atomic mass is 16.6. The Morgan fingerprint density at radius 3 is 2.52 bits per heavy atom. The number of ether oxygens (including phenoxy) is 4. The average Bonchev–Trinajstić information content (AvgIpc) is 3.06. The maximum absolute atomic E-state index is 12.3. The normalized spacial score (nSPS) is 13.7. The van der Waals surface area contributed by atoms with E-state index in [1.807, 2.05) is 57.2 Å². The van der Waals surface area contributed by atoms with E-state index in [0.29, 0.717) is 24.7 Å². The number of amides is 1. The van der Waals surface area contributed by atoms with E-state index in [1.165, 1.54) is 4.90 Å². The van der Waals surface area contributed by atoms with Crippen LogP contribution in [0.1, 0.15) is 31.9 Å². The van der Waals surface area contributed by atoms with Gasteiger partial charge in [-0.3, -0.25) is 4.79 Å². The van der Waals surface area contributed by atoms with Gasteiger partial charge in [0.25, 0.3) is 5.91 Å². The molecule has 31 heavy (non-hydrogen) atoms. The van der Waals surface area contributed by atoms with E-state index < -0.39 is 5.97 Å². The van der Waals surface area contributed by atoms with Gasteiger partial charge in [0.05, 0.1) is 6.61 Å². The summed E-state index contributed by atoms with van der Waals surface area (Å²) in [5.41, 5.74) is 1.69. The number of esters is 1. The molecule has 1 aliphatic rings. The van der Waals surface area contributed by atoms with Crippen LogP contribution in [0.25, 0.3) is 0 Å². The molecule has 0 atom stereocenters. The third-order valence-electron chi connectivity index (χ3n) is 4.84. The van der Waals surface area contributed by atoms with E-state index >= 15 is 0 Å². The van der Waals surface area contributed by atoms with Crippen LogP contribution >= 0.6 is 0 Å². The van der Waals surface area contributed by atoms with Crippen LogP contribution in [0.15, 0.2) is 42.5 Å². The van der Waals surface area contributed by atoms with Crippen molar-refractivity contribution in [2.45, 2.75) is 39.3 Å². The fraction of sp³-hybridized carbons (Fsp3) is 0.417. The fourth-order valence-electron chi connectivity index (χ4n) is 3.35. The number of para-hydroxylation sites is 1. The van der Waals surface area contributed by atoms with Crippen molar-refractivity contribution in [1.82, 2.24) is 4.90 Å². The molecule has 7 heteroatoms. The molecule has 1 heterocycles. The van der Waals surface area contributed by atoms with Gasteiger partial charge in [0.15, 0.2) is 24.7 Å². The molecule has 0 spiro atoms. The van der Waals surface area contributed by atoms with Crippen LogP contribution in [0.2, 0.25) is 0 Å². The lowest BCUT2D eigenvalue weighted by Gasteiger charge is -2.18. The molecule has 0 radical (unpaired) electrons. The van der Waals surface area contributed by atoms with Crippen LogP contribution < -0.4 is 14.2 Å². The zero-order chi connectivity index (χ0) is 22.4. The van der Waals surface area contributed by atoms with Gasteiger partial charge in [-0.2, -0.15) is 0 Å². The average molecular weight is 427 g/mol. The fourth-order valence-corrected chi connectivity index (χ4v) is 3.35. The van der Waals surface area contributed by atoms with Gasteiger partial charge in [0, 0.05) is 25.6 Å². The second kappa shape index (κ2) is 9.73. The van der Waals surface area contributed by atoms with E-state index in [1.54, 1.807) is 13.1 Å². The third-order valence-corrected chi connectivity index (χ3v) is 4.84. The van der Waals surface area contributed by atoms with Crippen molar-refractivity contribution >= 4 is 11.9 Å². The van der Waals surface area contributed by atoms with Gasteiger partial charge in [0.1, 0.15) is 11.4 Å². The maximum Gasteiger partial charge on any atom is 0.344 e. The summed E-state index contributed by atoms with van der Waals surface area (Å²) < 4.78 is 22.0. The Morgan fingerprint density at radius 2 is 1.81 bits per heavy atom. The molecule has 2 aromatic rings. The van der Waals surface area contributed by atoms with Crippen LogP contribution in [0.3, 0.4) is 0 Å². The lowest BCUT2D eigenvalue weighted by atomic mass is 10.0. The molecule has 0 fully saturated rings. The number of benzene rings is 2. The topological polar surface area (TPSA) is 74.3 Å². The van der Waals surface area contributed by atoms with Crippen molar-refractivity contribution in [2.75, 3.05) is 26.9 Å². The third kappa shape index (κ3) is 6.13. The Kier molecular flexibility index (Phi) is 7.05. The van der Waals surface area contributed by atoms with E-state index in [0.717, 1.165) is 23.3 Å². The van der Waals surface area contributed by atoms with E-state index in [-0.39, 0.29) is 24.7 Å². The van der Waals surface area contributed by atoms with Gasteiger partial charge in [0.2, 0.25) is 0 Å². The zero-order valence-corrected chi connectivity index (χ0v) is 18.5. The molecule has 0 saturated carbocycles. The number of fused-ring (bicyclic) bond motifs is 1. The first-order chi connectivity index (χ1) is 14.8. The molecule has 2 aromatic carbocycles. The second-order valence-corrected chi connectivity index (χ2v) is 8.06. The summed E-state index contributed by atoms with van der Waals surface area (Å²) in [6, 6.07) is 13.1. The van der Waals surface area contributed by atoms with Crippen LogP contribution in [0.5, 0.6) is 17.2 Å². The molecule has 3 rings (SSSR count). The number of carbonyl (C=O) groups is 2. The quantitative estimate of drug-likeness (QED) is 0.571. The molecule has 166 valence electrons. The Bertz CT molecular complexity index is 922. The number of rotatable bonds is 9. The predicted molar refractivity (Wildman–Crippen MR) is 115 cm³/mol. The van der Waals surface area contributed by atoms with Gasteiger partial charge >= 0.3 is 5.97 Å². The van der Waals surface area contributed by atoms with Gasteiger partial charge < -0.3 is 23.8 Å². The van der Waals surface area contributed by atoms with Crippen LogP contribution in [0.4, 0.5) is 0 Å². The van der Waals surface area contributed by atoms with Crippen molar-refractivity contribution < 1.29 is 28.5 Å². The molecule has 1 aliphatic heterocycles. The van der Waals surface area contributed by atoms with Gasteiger partial charge in [-0.1, -0.05) is 24.3 Å². The van der Waals surface area contributed by atoms with Crippen LogP contribution in [-0.4, -0.2) is 49.2 Å². The molecule has 0 aliphatic carbocycles. The molecule has 0 N–H and O–H groups in total. The SMILES string of the molecule is CCOc1ccc(CN(C)C(=O)COC(=O)COc2cccc3c2OC(C)(C)C3)cc1. The Morgan fingerprint density at radius 1 is 1.06 bits per heavy atom. The van der Waals surface area contributed by atoms with Crippen LogP contribution in [0, 0.1) is 0 Å². The molecule has 7 nitrogen and oxygen atoms in total. The number of nitrogens with zero attached hydrogens (tertiary/aromatic N) is 1. The summed E-state index contributed by atoms with van der Waals surface area (Å²) in [6.07, 6.45) is 0.777. The molecule has 1 amide bonds. The van der Waals surface area contributed by atoms with Crippen molar-refractivity contribution in [3.8, 4) is 17.2 Å². The predicted octanol–water partition coefficient (Wildman–Crippen LogP) is 3.38. The standard InChI is InChI=1S/C24H29NO6/c1-5-28-19-11-9-17(10-12-19)14-25(4)21(26)15-30-22(27)16-29-20-8-6-7-18-13-24(2,3)31-23(18)20/h6-12H,5,13-16H2,1-4H3. The number of hydrogen-bond acceptors (Lipinski definition) is 6. The molecule has 0 aromatic heterocycles. The van der Waals surface area contributed by atoms with Crippen LogP contribution in [-0.2, 0) is 27.3 Å². The molecule has 0 bridgehead atoms. The molecular weight excluding hydrogens is 398 g/mol. The smallest absolute Gasteiger partial charge is 0.344 e. The highest BCUT2D eigenvalue weighted by molar-refractivity contribution is 5.80. The van der Waals surface area contributed by atoms with Crippen molar-refractivity contribution in [2.24, 2.45) is 0 Å². The van der Waals surface area contributed by atoms with E-state index in [2.05, 4.69) is 0 Å². The summed E-state index contributed by atoms with van der Waals surface area (Å²) in [6.45, 7) is 6.30. The van der Waals surface area contributed by atoms with Gasteiger partial charge in [-0.15, -0.1) is 0 Å². The van der Waals surface area contributed by atoms with Gasteiger partial charge in [-0.25, -0.2) is 4.79 Å². The first-order valence-electron chi connectivity index (χ1n) is 10.3. The summed E-state index contributed by atoms with van der Waals surface area (Å²) in [4.78, 5) is 25.8. The highest BCUT2D eigenvalue weighted by Gasteiger charge is 2.32. The lowest BCUT2D eigenvalue weighted by molar-refractivity contribution is -0.153.